The summed E-state index contributed by atoms with van der Waals surface area (Å²) in [7, 11) is 0. The van der Waals surface area contributed by atoms with Crippen molar-refractivity contribution >= 4 is 87.7 Å². The summed E-state index contributed by atoms with van der Waals surface area (Å²) in [4.78, 5) is 2.41. The Balaban J connectivity index is 1.02. The fourth-order valence-corrected chi connectivity index (χ4v) is 9.76. The van der Waals surface area contributed by atoms with E-state index in [2.05, 4.69) is 228 Å². The number of rotatable bonds is 6. The molecule has 0 spiro atoms. The van der Waals surface area contributed by atoms with Crippen molar-refractivity contribution in [3.05, 3.63) is 218 Å². The number of fused-ring (bicyclic) bond motifs is 9. The Kier molecular flexibility index (Phi) is 8.02. The molecule has 2 heteroatoms. The van der Waals surface area contributed by atoms with Crippen LogP contribution in [0.4, 0.5) is 17.1 Å². The predicted octanol–water partition coefficient (Wildman–Crippen LogP) is 16.4. The lowest BCUT2D eigenvalue weighted by molar-refractivity contribution is 1.02. The molecule has 0 unspecified atom stereocenters. The van der Waals surface area contributed by atoms with Gasteiger partial charge in [0.15, 0.2) is 0 Å². The molecule has 1 aliphatic rings. The van der Waals surface area contributed by atoms with Gasteiger partial charge in [-0.2, -0.15) is 0 Å². The summed E-state index contributed by atoms with van der Waals surface area (Å²) in [6.07, 6.45) is 9.08. The van der Waals surface area contributed by atoms with Crippen LogP contribution in [-0.4, -0.2) is 4.57 Å². The second-order valence-electron chi connectivity index (χ2n) is 16.0. The zero-order chi connectivity index (χ0) is 39.6. The molecule has 1 heterocycles. The van der Waals surface area contributed by atoms with Crippen molar-refractivity contribution in [3.63, 3.8) is 0 Å². The van der Waals surface area contributed by atoms with Gasteiger partial charge in [0.25, 0.3) is 0 Å². The van der Waals surface area contributed by atoms with Crippen LogP contribution >= 0.6 is 0 Å². The summed E-state index contributed by atoms with van der Waals surface area (Å²) in [5.41, 5.74) is 11.9. The van der Waals surface area contributed by atoms with Crippen LogP contribution in [-0.2, 0) is 0 Å². The van der Waals surface area contributed by atoms with Crippen molar-refractivity contribution < 1.29 is 0 Å². The fraction of sp³-hybridized carbons (Fsp3) is 0.0345. The molecular weight excluding hydrogens is 725 g/mol. The minimum Gasteiger partial charge on any atom is -0.310 e. The maximum Gasteiger partial charge on any atom is 0.0542 e. The van der Waals surface area contributed by atoms with Crippen LogP contribution in [0.25, 0.3) is 92.8 Å². The van der Waals surface area contributed by atoms with Crippen LogP contribution < -0.4 is 4.90 Å². The molecule has 10 aromatic carbocycles. The van der Waals surface area contributed by atoms with E-state index in [0.717, 1.165) is 29.9 Å². The number of benzene rings is 10. The Hall–Kier alpha value is -7.68. The molecule has 0 fully saturated rings. The van der Waals surface area contributed by atoms with Gasteiger partial charge < -0.3 is 9.47 Å². The molecule has 0 saturated heterocycles. The Morgan fingerprint density at radius 3 is 1.37 bits per heavy atom. The van der Waals surface area contributed by atoms with Gasteiger partial charge in [-0.25, -0.2) is 0 Å². The number of para-hydroxylation sites is 1. The third-order valence-corrected chi connectivity index (χ3v) is 12.6. The maximum atomic E-state index is 2.43. The van der Waals surface area contributed by atoms with E-state index >= 15 is 0 Å². The highest BCUT2D eigenvalue weighted by atomic mass is 15.1. The van der Waals surface area contributed by atoms with Gasteiger partial charge in [0.05, 0.1) is 11.0 Å². The lowest BCUT2D eigenvalue weighted by Gasteiger charge is -2.26. The first-order valence-corrected chi connectivity index (χ1v) is 21.0. The van der Waals surface area contributed by atoms with Crippen molar-refractivity contribution in [2.24, 2.45) is 0 Å². The Bertz CT molecular complexity index is 3370. The molecule has 2 nitrogen and oxygen atoms in total. The molecule has 1 aliphatic carbocycles. The van der Waals surface area contributed by atoms with E-state index in [0.29, 0.717) is 0 Å². The largest absolute Gasteiger partial charge is 0.310 e. The molecule has 282 valence electrons. The van der Waals surface area contributed by atoms with Crippen LogP contribution in [0.15, 0.2) is 218 Å². The smallest absolute Gasteiger partial charge is 0.0542 e. The minimum absolute atomic E-state index is 1.06. The lowest BCUT2D eigenvalue weighted by Crippen LogP contribution is -2.10. The maximum absolute atomic E-state index is 2.43. The first kappa shape index (κ1) is 34.4. The van der Waals surface area contributed by atoms with Gasteiger partial charge in [0.1, 0.15) is 0 Å². The number of anilines is 3. The molecule has 0 atom stereocenters. The Labute approximate surface area is 349 Å². The zero-order valence-electron chi connectivity index (χ0n) is 33.1. The van der Waals surface area contributed by atoms with Crippen molar-refractivity contribution in [2.75, 3.05) is 4.90 Å². The summed E-state index contributed by atoms with van der Waals surface area (Å²) in [5, 5.41) is 12.7. The van der Waals surface area contributed by atoms with Gasteiger partial charge in [-0.05, 0) is 145 Å². The van der Waals surface area contributed by atoms with Gasteiger partial charge in [-0.1, -0.05) is 152 Å². The zero-order valence-corrected chi connectivity index (χ0v) is 33.1. The van der Waals surface area contributed by atoms with E-state index in [4.69, 9.17) is 0 Å². The predicted molar refractivity (Wildman–Crippen MR) is 258 cm³/mol. The normalized spacial score (nSPS) is 12.9. The van der Waals surface area contributed by atoms with Gasteiger partial charge in [0, 0.05) is 33.5 Å². The van der Waals surface area contributed by atoms with E-state index in [1.165, 1.54) is 92.8 Å². The number of hydrogen-bond acceptors (Lipinski definition) is 1. The van der Waals surface area contributed by atoms with Crippen molar-refractivity contribution in [3.8, 4) is 22.3 Å². The highest BCUT2D eigenvalue weighted by molar-refractivity contribution is 6.15. The molecule has 0 saturated carbocycles. The van der Waals surface area contributed by atoms with Gasteiger partial charge in [0.2, 0.25) is 0 Å². The molecule has 0 amide bonds. The van der Waals surface area contributed by atoms with E-state index in [1.54, 1.807) is 0 Å². The number of hydrogen-bond donors (Lipinski definition) is 0. The average molecular weight is 765 g/mol. The van der Waals surface area contributed by atoms with Gasteiger partial charge in [-0.15, -0.1) is 0 Å². The van der Waals surface area contributed by atoms with E-state index in [-0.39, 0.29) is 0 Å². The van der Waals surface area contributed by atoms with E-state index < -0.39 is 0 Å². The van der Waals surface area contributed by atoms with Crippen molar-refractivity contribution in [2.45, 2.75) is 12.8 Å². The quantitative estimate of drug-likeness (QED) is 0.153. The van der Waals surface area contributed by atoms with Crippen LogP contribution in [0, 0.1) is 0 Å². The Morgan fingerprint density at radius 1 is 0.350 bits per heavy atom. The van der Waals surface area contributed by atoms with Crippen molar-refractivity contribution in [1.29, 1.82) is 0 Å². The first-order chi connectivity index (χ1) is 29.8. The summed E-state index contributed by atoms with van der Waals surface area (Å²) in [5.74, 6) is 0. The topological polar surface area (TPSA) is 8.17 Å². The van der Waals surface area contributed by atoms with Crippen LogP contribution in [0.1, 0.15) is 12.8 Å². The first-order valence-electron chi connectivity index (χ1n) is 21.0. The number of nitrogens with zero attached hydrogens (tertiary/aromatic N) is 2. The second-order valence-corrected chi connectivity index (χ2v) is 16.0. The minimum atomic E-state index is 1.06. The summed E-state index contributed by atoms with van der Waals surface area (Å²) in [6.45, 7) is 0. The summed E-state index contributed by atoms with van der Waals surface area (Å²) in [6, 6.07) is 73.8. The third kappa shape index (κ3) is 5.56. The van der Waals surface area contributed by atoms with Crippen LogP contribution in [0.5, 0.6) is 0 Å². The third-order valence-electron chi connectivity index (χ3n) is 12.6. The monoisotopic (exact) mass is 764 g/mol. The lowest BCUT2D eigenvalue weighted by atomic mass is 9.93. The van der Waals surface area contributed by atoms with Crippen molar-refractivity contribution in [1.82, 2.24) is 4.57 Å². The molecule has 0 bridgehead atoms. The molecule has 0 aliphatic heterocycles. The van der Waals surface area contributed by atoms with Gasteiger partial charge in [-0.3, -0.25) is 0 Å². The second kappa shape index (κ2) is 14.0. The van der Waals surface area contributed by atoms with Crippen LogP contribution in [0.2, 0.25) is 0 Å². The summed E-state index contributed by atoms with van der Waals surface area (Å²) >= 11 is 0. The molecule has 60 heavy (non-hydrogen) atoms. The molecular formula is C58H40N2. The molecule has 0 N–H and O–H groups in total. The number of aromatic nitrogens is 1. The Morgan fingerprint density at radius 2 is 0.817 bits per heavy atom. The highest BCUT2D eigenvalue weighted by Crippen LogP contribution is 2.43. The standard InChI is InChI=1S/C58H40N2/c1-2-16-43(17-3-1)60-57-25-13-12-24-53(57)56-38-46(34-35-58(56)60)59(44-30-26-39(27-31-44)54-36-41-14-4-6-18-47(41)49-20-8-10-22-51(49)54)45-32-28-40(29-33-45)55-37-42-15-5-7-19-48(42)50-21-9-11-23-52(50)55/h2,4-38H,1,3H2. The molecule has 11 aromatic rings. The molecule has 0 radical (unpaired) electrons. The SMILES string of the molecule is C1=CC(n2c3ccccc3c3cc(N(c4ccc(-c5cc6ccccc6c6ccccc56)cc4)c4ccc(-c5cc6ccccc6c6ccccc56)cc4)ccc32)=CCC1. The highest BCUT2D eigenvalue weighted by Gasteiger charge is 2.19. The van der Waals surface area contributed by atoms with E-state index in [1.807, 2.05) is 0 Å². The van der Waals surface area contributed by atoms with Crippen LogP contribution in [0.3, 0.4) is 0 Å². The summed E-state index contributed by atoms with van der Waals surface area (Å²) < 4.78 is 2.43. The average Bonchev–Trinajstić information content (AvgIpc) is 3.66. The molecule has 12 rings (SSSR count). The molecule has 1 aromatic heterocycles. The number of allylic oxidation sites excluding steroid dienone is 4. The fourth-order valence-electron chi connectivity index (χ4n) is 9.76. The van der Waals surface area contributed by atoms with Gasteiger partial charge >= 0.3 is 0 Å². The van der Waals surface area contributed by atoms with E-state index in [9.17, 15) is 0 Å².